The van der Waals surface area contributed by atoms with Crippen molar-refractivity contribution in [3.8, 4) is 28.3 Å². The van der Waals surface area contributed by atoms with Crippen LogP contribution in [0, 0.1) is 0 Å². The number of anilines is 1. The fourth-order valence-electron chi connectivity index (χ4n) is 3.71. The Kier molecular flexibility index (Phi) is 9.22. The minimum atomic E-state index is -0.539. The van der Waals surface area contributed by atoms with Gasteiger partial charge in [-0.3, -0.25) is 9.36 Å². The normalized spacial score (nSPS) is 10.7. The standard InChI is InChI=1S/C27H25ClN4O4S2/c1-4-14-32-24(19-8-6-7-9-21(19)36-5-2)30-31-27(32)38-16-22(33)29-25-23(26(34)35-3)20(15-37-25)17-10-12-18(28)13-11-17/h4,6-13,15H,1,5,14,16H2,2-3H3,(H,29,33). The zero-order chi connectivity index (χ0) is 27.1. The Balaban J connectivity index is 1.53. The van der Waals surface area contributed by atoms with Crippen LogP contribution in [0.3, 0.4) is 0 Å². The average molecular weight is 569 g/mol. The number of hydrogen-bond acceptors (Lipinski definition) is 8. The number of aromatic nitrogens is 3. The molecule has 0 fully saturated rings. The number of nitrogens with zero attached hydrogens (tertiary/aromatic N) is 3. The maximum absolute atomic E-state index is 12.9. The number of carbonyl (C=O) groups excluding carboxylic acids is 2. The van der Waals surface area contributed by atoms with Gasteiger partial charge in [-0.05, 0) is 36.8 Å². The van der Waals surface area contributed by atoms with E-state index in [4.69, 9.17) is 21.1 Å². The van der Waals surface area contributed by atoms with Crippen LogP contribution in [0.25, 0.3) is 22.5 Å². The lowest BCUT2D eigenvalue weighted by Gasteiger charge is -2.11. The quantitative estimate of drug-likeness (QED) is 0.126. The van der Waals surface area contributed by atoms with Crippen LogP contribution >= 0.6 is 34.7 Å². The van der Waals surface area contributed by atoms with Gasteiger partial charge in [0.1, 0.15) is 16.3 Å². The molecule has 4 rings (SSSR count). The number of nitrogens with one attached hydrogen (secondary N) is 1. The molecule has 0 saturated carbocycles. The third kappa shape index (κ3) is 6.09. The molecule has 0 aliphatic rings. The molecule has 0 spiro atoms. The predicted octanol–water partition coefficient (Wildman–Crippen LogP) is 6.43. The van der Waals surface area contributed by atoms with E-state index in [-0.39, 0.29) is 11.7 Å². The molecule has 0 unspecified atom stereocenters. The first-order chi connectivity index (χ1) is 18.5. The molecule has 0 aliphatic heterocycles. The highest BCUT2D eigenvalue weighted by molar-refractivity contribution is 7.99. The lowest BCUT2D eigenvalue weighted by Crippen LogP contribution is -2.16. The number of thioether (sulfide) groups is 1. The Morgan fingerprint density at radius 1 is 1.16 bits per heavy atom. The van der Waals surface area contributed by atoms with Gasteiger partial charge in [0, 0.05) is 22.5 Å². The zero-order valence-electron chi connectivity index (χ0n) is 20.8. The molecule has 196 valence electrons. The van der Waals surface area contributed by atoms with Crippen molar-refractivity contribution in [3.05, 3.63) is 77.2 Å². The van der Waals surface area contributed by atoms with Crippen molar-refractivity contribution in [2.24, 2.45) is 0 Å². The molecule has 38 heavy (non-hydrogen) atoms. The summed E-state index contributed by atoms with van der Waals surface area (Å²) in [4.78, 5) is 25.5. The summed E-state index contributed by atoms with van der Waals surface area (Å²) < 4.78 is 12.6. The summed E-state index contributed by atoms with van der Waals surface area (Å²) in [5, 5.41) is 14.9. The number of thiophene rings is 1. The van der Waals surface area contributed by atoms with Crippen LogP contribution in [0.5, 0.6) is 5.75 Å². The highest BCUT2D eigenvalue weighted by Crippen LogP contribution is 2.37. The maximum Gasteiger partial charge on any atom is 0.341 e. The average Bonchev–Trinajstić information content (AvgIpc) is 3.52. The number of esters is 1. The van der Waals surface area contributed by atoms with Crippen LogP contribution in [0.1, 0.15) is 17.3 Å². The SMILES string of the molecule is C=CCn1c(SCC(=O)Nc2scc(-c3ccc(Cl)cc3)c2C(=O)OC)nnc1-c1ccccc1OCC. The molecule has 0 bridgehead atoms. The van der Waals surface area contributed by atoms with E-state index in [1.807, 2.05) is 47.9 Å². The lowest BCUT2D eigenvalue weighted by atomic mass is 10.0. The number of benzene rings is 2. The molecule has 0 radical (unpaired) electrons. The Morgan fingerprint density at radius 3 is 2.63 bits per heavy atom. The van der Waals surface area contributed by atoms with Crippen molar-refractivity contribution in [2.75, 3.05) is 24.8 Å². The number of carbonyl (C=O) groups is 2. The van der Waals surface area contributed by atoms with Crippen molar-refractivity contribution in [1.82, 2.24) is 14.8 Å². The van der Waals surface area contributed by atoms with Gasteiger partial charge < -0.3 is 14.8 Å². The summed E-state index contributed by atoms with van der Waals surface area (Å²) in [6.07, 6.45) is 1.74. The van der Waals surface area contributed by atoms with Crippen molar-refractivity contribution in [3.63, 3.8) is 0 Å². The van der Waals surface area contributed by atoms with Gasteiger partial charge in [-0.2, -0.15) is 0 Å². The van der Waals surface area contributed by atoms with Crippen molar-refractivity contribution in [2.45, 2.75) is 18.6 Å². The molecule has 0 atom stereocenters. The Morgan fingerprint density at radius 2 is 1.92 bits per heavy atom. The first kappa shape index (κ1) is 27.4. The number of para-hydroxylation sites is 1. The second-order valence-corrected chi connectivity index (χ2v) is 10.1. The second kappa shape index (κ2) is 12.8. The van der Waals surface area contributed by atoms with E-state index in [0.717, 1.165) is 11.1 Å². The van der Waals surface area contributed by atoms with E-state index in [1.54, 1.807) is 23.6 Å². The van der Waals surface area contributed by atoms with E-state index >= 15 is 0 Å². The van der Waals surface area contributed by atoms with Crippen LogP contribution in [-0.2, 0) is 16.1 Å². The van der Waals surface area contributed by atoms with Crippen LogP contribution < -0.4 is 10.1 Å². The van der Waals surface area contributed by atoms with Gasteiger partial charge >= 0.3 is 5.97 Å². The van der Waals surface area contributed by atoms with Crippen molar-refractivity contribution in [1.29, 1.82) is 0 Å². The van der Waals surface area contributed by atoms with Crippen LogP contribution in [0.2, 0.25) is 5.02 Å². The Bertz CT molecular complexity index is 1450. The highest BCUT2D eigenvalue weighted by atomic mass is 35.5. The van der Waals surface area contributed by atoms with Crippen LogP contribution in [0.15, 0.2) is 71.7 Å². The number of hydrogen-bond donors (Lipinski definition) is 1. The second-order valence-electron chi connectivity index (χ2n) is 7.82. The van der Waals surface area contributed by atoms with Gasteiger partial charge in [0.2, 0.25) is 5.91 Å². The molecular formula is C27H25ClN4O4S2. The van der Waals surface area contributed by atoms with Crippen molar-refractivity contribution < 1.29 is 19.1 Å². The minimum Gasteiger partial charge on any atom is -0.493 e. The fourth-order valence-corrected chi connectivity index (χ4v) is 5.56. The number of rotatable bonds is 11. The van der Waals surface area contributed by atoms with Crippen LogP contribution in [-0.4, -0.2) is 46.1 Å². The molecule has 11 heteroatoms. The fraction of sp³-hybridized carbons (Fsp3) is 0.185. The van der Waals surface area contributed by atoms with E-state index in [9.17, 15) is 9.59 Å². The summed E-state index contributed by atoms with van der Waals surface area (Å²) in [7, 11) is 1.31. The zero-order valence-corrected chi connectivity index (χ0v) is 23.2. The number of ether oxygens (including phenoxy) is 2. The van der Waals surface area contributed by atoms with Gasteiger partial charge in [-0.25, -0.2) is 4.79 Å². The largest absolute Gasteiger partial charge is 0.493 e. The number of allylic oxidation sites excluding steroid dienone is 1. The summed E-state index contributed by atoms with van der Waals surface area (Å²) in [6.45, 7) is 6.73. The minimum absolute atomic E-state index is 0.0528. The van der Waals surface area contributed by atoms with Gasteiger partial charge in [0.05, 0.1) is 25.0 Å². The summed E-state index contributed by atoms with van der Waals surface area (Å²) >= 11 is 8.49. The molecule has 8 nitrogen and oxygen atoms in total. The topological polar surface area (TPSA) is 95.3 Å². The van der Waals surface area contributed by atoms with Gasteiger partial charge in [-0.1, -0.05) is 53.7 Å². The van der Waals surface area contributed by atoms with Crippen LogP contribution in [0.4, 0.5) is 5.00 Å². The van der Waals surface area contributed by atoms with E-state index in [1.165, 1.54) is 30.2 Å². The first-order valence-electron chi connectivity index (χ1n) is 11.6. The van der Waals surface area contributed by atoms with E-state index in [0.29, 0.717) is 51.0 Å². The molecule has 1 amide bonds. The molecular weight excluding hydrogens is 544 g/mol. The number of amides is 1. The van der Waals surface area contributed by atoms with Gasteiger partial charge in [0.25, 0.3) is 0 Å². The Labute approximate surface area is 233 Å². The van der Waals surface area contributed by atoms with Crippen molar-refractivity contribution >= 4 is 51.6 Å². The molecule has 0 saturated heterocycles. The van der Waals surface area contributed by atoms with Gasteiger partial charge in [0.15, 0.2) is 11.0 Å². The first-order valence-corrected chi connectivity index (χ1v) is 13.9. The summed E-state index contributed by atoms with van der Waals surface area (Å²) in [5.41, 5.74) is 2.54. The number of methoxy groups -OCH3 is 1. The molecule has 2 aromatic carbocycles. The molecule has 0 aliphatic carbocycles. The predicted molar refractivity (Wildman–Crippen MR) is 152 cm³/mol. The highest BCUT2D eigenvalue weighted by Gasteiger charge is 2.23. The maximum atomic E-state index is 12.9. The Hall–Kier alpha value is -3.60. The summed E-state index contributed by atoms with van der Waals surface area (Å²) in [6, 6.07) is 14.7. The molecule has 2 heterocycles. The third-order valence-corrected chi connectivity index (χ3v) is 7.49. The lowest BCUT2D eigenvalue weighted by molar-refractivity contribution is -0.113. The number of halogens is 1. The molecule has 2 aromatic heterocycles. The van der Waals surface area contributed by atoms with E-state index in [2.05, 4.69) is 22.1 Å². The van der Waals surface area contributed by atoms with Gasteiger partial charge in [-0.15, -0.1) is 28.1 Å². The third-order valence-electron chi connectivity index (χ3n) is 5.38. The molecule has 1 N–H and O–H groups in total. The smallest absolute Gasteiger partial charge is 0.341 e. The summed E-state index contributed by atoms with van der Waals surface area (Å²) in [5.74, 6) is 0.538. The monoisotopic (exact) mass is 568 g/mol. The van der Waals surface area contributed by atoms with E-state index < -0.39 is 5.97 Å². The molecule has 4 aromatic rings.